The van der Waals surface area contributed by atoms with Gasteiger partial charge in [0.25, 0.3) is 10.1 Å². The quantitative estimate of drug-likeness (QED) is 0.154. The summed E-state index contributed by atoms with van der Waals surface area (Å²) in [5.41, 5.74) is 0. The Kier molecular flexibility index (Phi) is 18.8. The zero-order valence-electron chi connectivity index (χ0n) is 18.7. The normalized spacial score (nSPS) is 14.3. The highest BCUT2D eigenvalue weighted by Gasteiger charge is 2.21. The summed E-state index contributed by atoms with van der Waals surface area (Å²) in [5, 5.41) is 9.25. The first-order valence-electron chi connectivity index (χ1n) is 12.1. The maximum absolute atomic E-state index is 11.4. The van der Waals surface area contributed by atoms with Crippen LogP contribution in [0.4, 0.5) is 0 Å². The van der Waals surface area contributed by atoms with Gasteiger partial charge in [0.2, 0.25) is 0 Å². The van der Waals surface area contributed by atoms with E-state index in [9.17, 15) is 18.1 Å². The van der Waals surface area contributed by atoms with Gasteiger partial charge in [-0.1, -0.05) is 110 Å². The largest absolute Gasteiger partial charge is 0.393 e. The molecule has 170 valence electrons. The Bertz CT molecular complexity index is 422. The first-order chi connectivity index (χ1) is 13.4. The van der Waals surface area contributed by atoms with E-state index >= 15 is 0 Å². The Morgan fingerprint density at radius 2 is 0.893 bits per heavy atom. The topological polar surface area (TPSA) is 74.6 Å². The zero-order chi connectivity index (χ0) is 21.1. The summed E-state index contributed by atoms with van der Waals surface area (Å²) in [6.07, 6.45) is 20.4. The van der Waals surface area contributed by atoms with Crippen molar-refractivity contribution in [3.8, 4) is 0 Å². The molecule has 0 radical (unpaired) electrons. The molecule has 0 aliphatic heterocycles. The highest BCUT2D eigenvalue weighted by molar-refractivity contribution is 7.86. The van der Waals surface area contributed by atoms with Crippen LogP contribution in [0.25, 0.3) is 0 Å². The number of hydrogen-bond acceptors (Lipinski definition) is 3. The molecule has 5 heteroatoms. The fourth-order valence-electron chi connectivity index (χ4n) is 3.80. The molecule has 0 spiro atoms. The summed E-state index contributed by atoms with van der Waals surface area (Å²) < 4.78 is 32.1. The van der Waals surface area contributed by atoms with Crippen molar-refractivity contribution in [2.75, 3.05) is 0 Å². The molecular formula is C23H48O4S. The van der Waals surface area contributed by atoms with Crippen molar-refractivity contribution in [3.63, 3.8) is 0 Å². The second-order valence-corrected chi connectivity index (χ2v) is 10.2. The van der Waals surface area contributed by atoms with Gasteiger partial charge in [0, 0.05) is 0 Å². The lowest BCUT2D eigenvalue weighted by Gasteiger charge is -2.13. The minimum atomic E-state index is -3.87. The monoisotopic (exact) mass is 420 g/mol. The maximum Gasteiger partial charge on any atom is 0.267 e. The molecule has 0 aromatic rings. The molecular weight excluding hydrogens is 372 g/mol. The third-order valence-corrected chi connectivity index (χ3v) is 7.07. The van der Waals surface area contributed by atoms with Gasteiger partial charge in [-0.15, -0.1) is 0 Å². The highest BCUT2D eigenvalue weighted by Crippen LogP contribution is 2.18. The Labute approximate surface area is 175 Å². The van der Waals surface area contributed by atoms with Crippen LogP contribution in [0.2, 0.25) is 0 Å². The summed E-state index contributed by atoms with van der Waals surface area (Å²) in [6.45, 7) is 4.21. The van der Waals surface area contributed by atoms with Crippen LogP contribution in [0.3, 0.4) is 0 Å². The molecule has 2 atom stereocenters. The Morgan fingerprint density at radius 3 is 1.32 bits per heavy atom. The van der Waals surface area contributed by atoms with Gasteiger partial charge in [-0.3, -0.25) is 4.55 Å². The van der Waals surface area contributed by atoms with Gasteiger partial charge < -0.3 is 5.11 Å². The lowest BCUT2D eigenvalue weighted by atomic mass is 10.0. The fourth-order valence-corrected chi connectivity index (χ4v) is 4.73. The summed E-state index contributed by atoms with van der Waals surface area (Å²) in [6, 6.07) is 0. The predicted octanol–water partition coefficient (Wildman–Crippen LogP) is 7.06. The Balaban J connectivity index is 3.41. The second-order valence-electron chi connectivity index (χ2n) is 8.54. The maximum atomic E-state index is 11.4. The number of hydrogen-bond donors (Lipinski definition) is 2. The summed E-state index contributed by atoms with van der Waals surface area (Å²) in [4.78, 5) is 0. The number of unbranched alkanes of at least 4 members (excludes halogenated alkanes) is 12. The number of aliphatic hydroxyl groups is 1. The van der Waals surface area contributed by atoms with E-state index in [2.05, 4.69) is 6.92 Å². The van der Waals surface area contributed by atoms with Crippen LogP contribution in [-0.2, 0) is 10.1 Å². The molecule has 4 nitrogen and oxygen atoms in total. The van der Waals surface area contributed by atoms with Crippen molar-refractivity contribution in [2.24, 2.45) is 0 Å². The summed E-state index contributed by atoms with van der Waals surface area (Å²) in [7, 11) is -3.87. The van der Waals surface area contributed by atoms with E-state index in [1.54, 1.807) is 0 Å². The van der Waals surface area contributed by atoms with Crippen molar-refractivity contribution in [1.82, 2.24) is 0 Å². The molecule has 2 unspecified atom stereocenters. The molecule has 0 aliphatic carbocycles. The van der Waals surface area contributed by atoms with Gasteiger partial charge in [0.1, 0.15) is 0 Å². The van der Waals surface area contributed by atoms with Crippen LogP contribution in [0.5, 0.6) is 0 Å². The van der Waals surface area contributed by atoms with Gasteiger partial charge in [-0.25, -0.2) is 0 Å². The van der Waals surface area contributed by atoms with E-state index in [0.29, 0.717) is 12.8 Å². The van der Waals surface area contributed by atoms with E-state index in [4.69, 9.17) is 0 Å². The first-order valence-corrected chi connectivity index (χ1v) is 13.6. The average Bonchev–Trinajstić information content (AvgIpc) is 2.65. The Morgan fingerprint density at radius 1 is 0.571 bits per heavy atom. The van der Waals surface area contributed by atoms with E-state index < -0.39 is 15.4 Å². The lowest BCUT2D eigenvalue weighted by molar-refractivity contribution is 0.148. The van der Waals surface area contributed by atoms with E-state index in [1.165, 1.54) is 57.8 Å². The minimum Gasteiger partial charge on any atom is -0.393 e. The Hall–Kier alpha value is -0.130. The molecule has 0 aromatic heterocycles. The summed E-state index contributed by atoms with van der Waals surface area (Å²) in [5.74, 6) is 0. The molecule has 0 saturated carbocycles. The summed E-state index contributed by atoms with van der Waals surface area (Å²) >= 11 is 0. The molecule has 0 bridgehead atoms. The van der Waals surface area contributed by atoms with E-state index in [-0.39, 0.29) is 6.10 Å². The van der Waals surface area contributed by atoms with Gasteiger partial charge in [0.05, 0.1) is 11.4 Å². The van der Waals surface area contributed by atoms with E-state index in [1.807, 2.05) is 6.92 Å². The molecule has 0 aliphatic rings. The third kappa shape index (κ3) is 17.9. The molecule has 0 saturated heterocycles. The average molecular weight is 421 g/mol. The van der Waals surface area contributed by atoms with Gasteiger partial charge >= 0.3 is 0 Å². The highest BCUT2D eigenvalue weighted by atomic mass is 32.2. The number of aliphatic hydroxyl groups excluding tert-OH is 1. The van der Waals surface area contributed by atoms with Crippen molar-refractivity contribution >= 4 is 10.1 Å². The smallest absolute Gasteiger partial charge is 0.267 e. The zero-order valence-corrected chi connectivity index (χ0v) is 19.5. The van der Waals surface area contributed by atoms with Gasteiger partial charge in [-0.2, -0.15) is 8.42 Å². The second kappa shape index (κ2) is 18.9. The molecule has 0 fully saturated rings. The molecule has 28 heavy (non-hydrogen) atoms. The minimum absolute atomic E-state index is 0.0839. The van der Waals surface area contributed by atoms with E-state index in [0.717, 1.165) is 51.4 Å². The molecule has 0 amide bonds. The number of rotatable bonds is 21. The van der Waals surface area contributed by atoms with Crippen LogP contribution < -0.4 is 0 Å². The fraction of sp³-hybridized carbons (Fsp3) is 1.00. The van der Waals surface area contributed by atoms with Crippen molar-refractivity contribution in [2.45, 2.75) is 147 Å². The molecule has 2 N–H and O–H groups in total. The van der Waals surface area contributed by atoms with Crippen LogP contribution in [-0.4, -0.2) is 29.4 Å². The standard InChI is InChI=1S/C23H48O4S/c1-3-5-18-22(24)19-16-14-12-10-8-7-9-11-13-15-17-21-23(20-6-4-2)28(25,26)27/h22-24H,3-21H2,1-2H3,(H,25,26,27). The molecule has 0 heterocycles. The molecule has 0 aromatic carbocycles. The SMILES string of the molecule is CCCCC(O)CCCCCCCCCCCCCC(CCCC)S(=O)(=O)O. The predicted molar refractivity (Wildman–Crippen MR) is 120 cm³/mol. The third-order valence-electron chi connectivity index (χ3n) is 5.76. The van der Waals surface area contributed by atoms with Gasteiger partial charge in [-0.05, 0) is 25.7 Å². The molecule has 0 rings (SSSR count). The van der Waals surface area contributed by atoms with Gasteiger partial charge in [0.15, 0.2) is 0 Å². The van der Waals surface area contributed by atoms with Crippen LogP contribution in [0, 0.1) is 0 Å². The van der Waals surface area contributed by atoms with Crippen LogP contribution in [0.15, 0.2) is 0 Å². The van der Waals surface area contributed by atoms with Crippen molar-refractivity contribution in [1.29, 1.82) is 0 Å². The van der Waals surface area contributed by atoms with Crippen LogP contribution in [0.1, 0.15) is 136 Å². The van der Waals surface area contributed by atoms with Crippen molar-refractivity contribution in [3.05, 3.63) is 0 Å². The lowest BCUT2D eigenvalue weighted by Crippen LogP contribution is -2.20. The first kappa shape index (κ1) is 27.9. The van der Waals surface area contributed by atoms with Crippen molar-refractivity contribution < 1.29 is 18.1 Å². The van der Waals surface area contributed by atoms with Crippen LogP contribution >= 0.6 is 0 Å².